The Bertz CT molecular complexity index is 493. The Morgan fingerprint density at radius 1 is 1.61 bits per heavy atom. The molecule has 3 N–H and O–H groups in total. The second-order valence-corrected chi connectivity index (χ2v) is 4.04. The smallest absolute Gasteiger partial charge is 0.409 e. The van der Waals surface area contributed by atoms with Crippen molar-refractivity contribution in [1.82, 2.24) is 10.8 Å². The van der Waals surface area contributed by atoms with Crippen molar-refractivity contribution in [3.63, 3.8) is 0 Å². The maximum atomic E-state index is 10.9. The SMILES string of the molecule is C#CCNC1CCc2ccc(OC(=O)NO)cc21. The number of carbonyl (C=O) groups is 1. The number of aryl methyl sites for hydroxylation is 1. The molecule has 5 heteroatoms. The van der Waals surface area contributed by atoms with Gasteiger partial charge in [0.1, 0.15) is 5.75 Å². The fourth-order valence-corrected chi connectivity index (χ4v) is 2.17. The Kier molecular flexibility index (Phi) is 3.82. The van der Waals surface area contributed by atoms with Crippen molar-refractivity contribution in [2.45, 2.75) is 18.9 Å². The summed E-state index contributed by atoms with van der Waals surface area (Å²) in [6.45, 7) is 0.506. The van der Waals surface area contributed by atoms with Gasteiger partial charge in [-0.15, -0.1) is 6.42 Å². The van der Waals surface area contributed by atoms with E-state index in [1.54, 1.807) is 12.1 Å². The van der Waals surface area contributed by atoms with Crippen LogP contribution in [0.5, 0.6) is 5.75 Å². The fraction of sp³-hybridized carbons (Fsp3) is 0.308. The van der Waals surface area contributed by atoms with E-state index in [0.717, 1.165) is 18.4 Å². The molecule has 0 radical (unpaired) electrons. The molecular formula is C13H14N2O3. The molecule has 2 rings (SSSR count). The fourth-order valence-electron chi connectivity index (χ4n) is 2.17. The number of amides is 1. The molecule has 1 aliphatic rings. The molecule has 18 heavy (non-hydrogen) atoms. The number of nitrogens with one attached hydrogen (secondary N) is 2. The quantitative estimate of drug-likeness (QED) is 0.428. The highest BCUT2D eigenvalue weighted by molar-refractivity contribution is 5.69. The summed E-state index contributed by atoms with van der Waals surface area (Å²) >= 11 is 0. The number of benzene rings is 1. The third-order valence-corrected chi connectivity index (χ3v) is 2.95. The Labute approximate surface area is 105 Å². The van der Waals surface area contributed by atoms with Gasteiger partial charge in [-0.1, -0.05) is 12.0 Å². The average molecular weight is 246 g/mol. The van der Waals surface area contributed by atoms with Crippen molar-refractivity contribution in [3.05, 3.63) is 29.3 Å². The van der Waals surface area contributed by atoms with Crippen LogP contribution < -0.4 is 15.5 Å². The van der Waals surface area contributed by atoms with E-state index in [9.17, 15) is 4.79 Å². The summed E-state index contributed by atoms with van der Waals surface area (Å²) < 4.78 is 4.87. The Morgan fingerprint density at radius 2 is 2.44 bits per heavy atom. The van der Waals surface area contributed by atoms with Gasteiger partial charge < -0.3 is 4.74 Å². The zero-order chi connectivity index (χ0) is 13.0. The first-order valence-corrected chi connectivity index (χ1v) is 5.66. The molecular weight excluding hydrogens is 232 g/mol. The summed E-state index contributed by atoms with van der Waals surface area (Å²) in [5.74, 6) is 2.94. The van der Waals surface area contributed by atoms with Gasteiger partial charge in [0.15, 0.2) is 0 Å². The van der Waals surface area contributed by atoms with Crippen molar-refractivity contribution in [3.8, 4) is 18.1 Å². The van der Waals surface area contributed by atoms with Gasteiger partial charge in [0, 0.05) is 6.04 Å². The van der Waals surface area contributed by atoms with E-state index in [4.69, 9.17) is 16.4 Å². The summed E-state index contributed by atoms with van der Waals surface area (Å²) in [6, 6.07) is 5.62. The number of ether oxygens (including phenoxy) is 1. The van der Waals surface area contributed by atoms with Crippen LogP contribution in [0.25, 0.3) is 0 Å². The normalized spacial score (nSPS) is 16.8. The summed E-state index contributed by atoms with van der Waals surface area (Å²) in [5, 5.41) is 11.6. The van der Waals surface area contributed by atoms with Crippen molar-refractivity contribution < 1.29 is 14.7 Å². The lowest BCUT2D eigenvalue weighted by molar-refractivity contribution is 0.127. The van der Waals surface area contributed by atoms with E-state index in [2.05, 4.69) is 11.2 Å². The number of fused-ring (bicyclic) bond motifs is 1. The molecule has 0 bridgehead atoms. The van der Waals surface area contributed by atoms with Crippen LogP contribution in [0.1, 0.15) is 23.6 Å². The van der Waals surface area contributed by atoms with Crippen LogP contribution in [-0.2, 0) is 6.42 Å². The van der Waals surface area contributed by atoms with Crippen LogP contribution in [0.2, 0.25) is 0 Å². The van der Waals surface area contributed by atoms with Gasteiger partial charge in [-0.05, 0) is 36.1 Å². The topological polar surface area (TPSA) is 70.6 Å². The molecule has 94 valence electrons. The van der Waals surface area contributed by atoms with E-state index in [-0.39, 0.29) is 6.04 Å². The predicted molar refractivity (Wildman–Crippen MR) is 65.3 cm³/mol. The highest BCUT2D eigenvalue weighted by Crippen LogP contribution is 2.33. The second-order valence-electron chi connectivity index (χ2n) is 4.04. The number of rotatable bonds is 3. The number of hydrogen-bond donors (Lipinski definition) is 3. The van der Waals surface area contributed by atoms with Crippen molar-refractivity contribution >= 4 is 6.09 Å². The first kappa shape index (κ1) is 12.4. The van der Waals surface area contributed by atoms with Crippen molar-refractivity contribution in [1.29, 1.82) is 0 Å². The van der Waals surface area contributed by atoms with Gasteiger partial charge in [-0.25, -0.2) is 10.3 Å². The summed E-state index contributed by atoms with van der Waals surface area (Å²) in [7, 11) is 0. The first-order chi connectivity index (χ1) is 8.74. The largest absolute Gasteiger partial charge is 0.436 e. The standard InChI is InChI=1S/C13H14N2O3/c1-2-7-14-12-6-4-9-3-5-10(8-11(9)12)18-13(16)15-17/h1,3,5,8,12,14,17H,4,6-7H2,(H,15,16). The van der Waals surface area contributed by atoms with Gasteiger partial charge in [-0.3, -0.25) is 10.5 Å². The highest BCUT2D eigenvalue weighted by atomic mass is 16.6. The molecule has 5 nitrogen and oxygen atoms in total. The molecule has 0 saturated carbocycles. The molecule has 0 fully saturated rings. The molecule has 1 unspecified atom stereocenters. The summed E-state index contributed by atoms with van der Waals surface area (Å²) in [6.07, 6.45) is 6.28. The van der Waals surface area contributed by atoms with E-state index >= 15 is 0 Å². The molecule has 0 aromatic heterocycles. The van der Waals surface area contributed by atoms with Crippen LogP contribution in [0.3, 0.4) is 0 Å². The first-order valence-electron chi connectivity index (χ1n) is 5.66. The lowest BCUT2D eigenvalue weighted by Crippen LogP contribution is -2.23. The van der Waals surface area contributed by atoms with Crippen LogP contribution in [0, 0.1) is 12.3 Å². The maximum absolute atomic E-state index is 10.9. The van der Waals surface area contributed by atoms with E-state index in [1.807, 2.05) is 6.07 Å². The molecule has 1 aliphatic carbocycles. The zero-order valence-corrected chi connectivity index (χ0v) is 9.77. The molecule has 1 aromatic rings. The molecule has 0 aliphatic heterocycles. The van der Waals surface area contributed by atoms with E-state index in [1.165, 1.54) is 11.0 Å². The summed E-state index contributed by atoms with van der Waals surface area (Å²) in [5.41, 5.74) is 3.74. The monoisotopic (exact) mass is 246 g/mol. The molecule has 0 saturated heterocycles. The van der Waals surface area contributed by atoms with E-state index in [0.29, 0.717) is 12.3 Å². The lowest BCUT2D eigenvalue weighted by Gasteiger charge is -2.12. The molecule has 1 aromatic carbocycles. The van der Waals surface area contributed by atoms with Crippen LogP contribution in [0.15, 0.2) is 18.2 Å². The van der Waals surface area contributed by atoms with Gasteiger partial charge in [0.25, 0.3) is 0 Å². The second kappa shape index (κ2) is 5.54. The van der Waals surface area contributed by atoms with Crippen molar-refractivity contribution in [2.75, 3.05) is 6.54 Å². The third kappa shape index (κ3) is 2.62. The Hall–Kier alpha value is -2.03. The lowest BCUT2D eigenvalue weighted by atomic mass is 10.1. The van der Waals surface area contributed by atoms with Crippen LogP contribution in [-0.4, -0.2) is 17.8 Å². The van der Waals surface area contributed by atoms with Gasteiger partial charge >= 0.3 is 6.09 Å². The predicted octanol–water partition coefficient (Wildman–Crippen LogP) is 1.37. The number of hydrogen-bond acceptors (Lipinski definition) is 4. The van der Waals surface area contributed by atoms with Crippen LogP contribution >= 0.6 is 0 Å². The van der Waals surface area contributed by atoms with E-state index < -0.39 is 6.09 Å². The molecule has 1 amide bonds. The number of terminal acetylenes is 1. The molecule has 0 spiro atoms. The molecule has 1 atom stereocenters. The van der Waals surface area contributed by atoms with Gasteiger partial charge in [-0.2, -0.15) is 0 Å². The maximum Gasteiger partial charge on any atom is 0.436 e. The average Bonchev–Trinajstić information content (AvgIpc) is 2.78. The minimum absolute atomic E-state index is 0.191. The Balaban J connectivity index is 2.15. The number of carbonyl (C=O) groups excluding carboxylic acids is 1. The van der Waals surface area contributed by atoms with Gasteiger partial charge in [0.05, 0.1) is 6.54 Å². The third-order valence-electron chi connectivity index (χ3n) is 2.95. The minimum atomic E-state index is -0.902. The van der Waals surface area contributed by atoms with Gasteiger partial charge in [0.2, 0.25) is 0 Å². The van der Waals surface area contributed by atoms with Crippen molar-refractivity contribution in [2.24, 2.45) is 0 Å². The highest BCUT2D eigenvalue weighted by Gasteiger charge is 2.22. The Morgan fingerprint density at radius 3 is 3.17 bits per heavy atom. The summed E-state index contributed by atoms with van der Waals surface area (Å²) in [4.78, 5) is 10.9. The minimum Gasteiger partial charge on any atom is -0.409 e. The van der Waals surface area contributed by atoms with Crippen LogP contribution in [0.4, 0.5) is 4.79 Å². The molecule has 0 heterocycles. The zero-order valence-electron chi connectivity index (χ0n) is 9.77. The number of hydroxylamine groups is 1.